The molecule has 0 unspecified atom stereocenters. The molecule has 53 heavy (non-hydrogen) atoms. The van der Waals surface area contributed by atoms with Crippen molar-refractivity contribution in [2.45, 2.75) is 103 Å². The van der Waals surface area contributed by atoms with Crippen molar-refractivity contribution in [1.29, 1.82) is 0 Å². The molecule has 0 spiro atoms. The maximum absolute atomic E-state index is 13.6. The van der Waals surface area contributed by atoms with E-state index in [9.17, 15) is 43.8 Å². The molecule has 0 bridgehead atoms. The van der Waals surface area contributed by atoms with Crippen LogP contribution in [0.15, 0.2) is 24.3 Å². The SMILES string of the molecule is CC(=O)N[C@@H](CCCCN)C(=O)N[C@@H](CS)C(=O)N[C@@H](CS)C(=O)N[C@@H](Cc1ccc(O)cc1)C(=O)N[C@@H](CO)C(=O)N[C@@H](CC(C)C)C(=O)C(C)C. The number of carbonyl (C=O) groups excluding carboxylic acids is 7. The van der Waals surface area contributed by atoms with Crippen LogP contribution < -0.4 is 37.6 Å². The summed E-state index contributed by atoms with van der Waals surface area (Å²) < 4.78 is 0. The molecule has 10 N–H and O–H groups in total. The van der Waals surface area contributed by atoms with E-state index in [1.807, 2.05) is 13.8 Å². The molecule has 0 fully saturated rings. The first kappa shape index (κ1) is 47.2. The molecular formula is C35H57N7O9S2. The number of rotatable bonds is 24. The Hall–Kier alpha value is -3.87. The molecule has 1 rings (SSSR count). The van der Waals surface area contributed by atoms with E-state index in [4.69, 9.17) is 5.73 Å². The van der Waals surface area contributed by atoms with E-state index in [1.165, 1.54) is 31.2 Å². The molecule has 6 amide bonds. The molecule has 0 aromatic heterocycles. The molecule has 1 aromatic rings. The Balaban J connectivity index is 3.19. The molecule has 0 aliphatic heterocycles. The van der Waals surface area contributed by atoms with Gasteiger partial charge in [-0.1, -0.05) is 39.8 Å². The van der Waals surface area contributed by atoms with Crippen molar-refractivity contribution >= 4 is 66.5 Å². The number of hydrogen-bond acceptors (Lipinski definition) is 12. The number of phenols is 1. The smallest absolute Gasteiger partial charge is 0.245 e. The summed E-state index contributed by atoms with van der Waals surface area (Å²) in [6, 6.07) is -1.33. The summed E-state index contributed by atoms with van der Waals surface area (Å²) >= 11 is 8.38. The molecule has 0 aliphatic rings. The Bertz CT molecular complexity index is 1380. The van der Waals surface area contributed by atoms with Gasteiger partial charge >= 0.3 is 0 Å². The van der Waals surface area contributed by atoms with Crippen molar-refractivity contribution in [3.63, 3.8) is 0 Å². The molecule has 0 aliphatic carbocycles. The van der Waals surface area contributed by atoms with Crippen LogP contribution in [0.4, 0.5) is 0 Å². The summed E-state index contributed by atoms with van der Waals surface area (Å²) in [5.41, 5.74) is 6.05. The number of thiol groups is 2. The molecule has 0 heterocycles. The van der Waals surface area contributed by atoms with Gasteiger partial charge in [-0.05, 0) is 55.8 Å². The average Bonchev–Trinajstić information content (AvgIpc) is 3.10. The molecule has 0 saturated carbocycles. The van der Waals surface area contributed by atoms with E-state index in [2.05, 4.69) is 57.2 Å². The van der Waals surface area contributed by atoms with Crippen LogP contribution >= 0.6 is 25.3 Å². The number of amides is 6. The topological polar surface area (TPSA) is 258 Å². The van der Waals surface area contributed by atoms with Crippen LogP contribution in [-0.2, 0) is 40.0 Å². The number of nitrogens with one attached hydrogen (secondary N) is 6. The molecule has 1 aromatic carbocycles. The quantitative estimate of drug-likeness (QED) is 0.0456. The number of hydrogen-bond donors (Lipinski definition) is 11. The van der Waals surface area contributed by atoms with Gasteiger partial charge < -0.3 is 47.8 Å². The van der Waals surface area contributed by atoms with Gasteiger partial charge in [-0.15, -0.1) is 0 Å². The summed E-state index contributed by atoms with van der Waals surface area (Å²) in [5.74, 6) is -5.29. The van der Waals surface area contributed by atoms with E-state index in [-0.39, 0.29) is 47.7 Å². The third-order valence-corrected chi connectivity index (χ3v) is 8.76. The molecule has 6 atom stereocenters. The standard InChI is InChI=1S/C35H57N7O9S2/c1-19(2)14-25(30(46)20(3)4)38-33(49)27(16-43)40-32(48)26(15-22-9-11-23(45)12-10-22)39-34(50)28(17-52)42-35(51)29(18-53)41-31(47)24(37-21(5)44)8-6-7-13-36/h9-12,19-20,24-29,43,45,52-53H,6-8,13-18,36H2,1-5H3,(H,37,44)(H,38,49)(H,39,50)(H,40,48)(H,41,47)(H,42,51)/t24-,25-,26-,27-,28-,29-/m0/s1. The van der Waals surface area contributed by atoms with Gasteiger partial charge in [-0.3, -0.25) is 33.6 Å². The number of unbranched alkanes of at least 4 members (excludes halogenated alkanes) is 1. The minimum atomic E-state index is -1.48. The molecular weight excluding hydrogens is 727 g/mol. The number of aromatic hydroxyl groups is 1. The van der Waals surface area contributed by atoms with Crippen LogP contribution in [0, 0.1) is 11.8 Å². The highest BCUT2D eigenvalue weighted by Gasteiger charge is 2.33. The van der Waals surface area contributed by atoms with Gasteiger partial charge in [0, 0.05) is 30.8 Å². The van der Waals surface area contributed by atoms with Crippen LogP contribution in [0.25, 0.3) is 0 Å². The van der Waals surface area contributed by atoms with Crippen molar-refractivity contribution < 1.29 is 43.8 Å². The maximum atomic E-state index is 13.6. The fraction of sp³-hybridized carbons (Fsp3) is 0.629. The summed E-state index contributed by atoms with van der Waals surface area (Å²) in [4.78, 5) is 91.1. The second-order valence-corrected chi connectivity index (χ2v) is 14.2. The summed E-state index contributed by atoms with van der Waals surface area (Å²) in [6.45, 7) is 8.03. The highest BCUT2D eigenvalue weighted by molar-refractivity contribution is 7.80. The number of benzene rings is 1. The number of nitrogens with two attached hydrogens (primary N) is 1. The minimum absolute atomic E-state index is 0.0367. The lowest BCUT2D eigenvalue weighted by Gasteiger charge is -2.27. The summed E-state index contributed by atoms with van der Waals surface area (Å²) in [5, 5.41) is 35.0. The van der Waals surface area contributed by atoms with E-state index in [1.54, 1.807) is 13.8 Å². The summed E-state index contributed by atoms with van der Waals surface area (Å²) in [7, 11) is 0. The number of Topliss-reactive ketones (excluding diaryl/α,β-unsaturated/α-hetero) is 1. The predicted molar refractivity (Wildman–Crippen MR) is 206 cm³/mol. The first-order valence-electron chi connectivity index (χ1n) is 17.6. The third kappa shape index (κ3) is 17.2. The molecule has 0 saturated heterocycles. The van der Waals surface area contributed by atoms with Crippen LogP contribution in [0.2, 0.25) is 0 Å². The van der Waals surface area contributed by atoms with Crippen LogP contribution in [-0.4, -0.2) is 112 Å². The van der Waals surface area contributed by atoms with Crippen molar-refractivity contribution in [1.82, 2.24) is 31.9 Å². The highest BCUT2D eigenvalue weighted by atomic mass is 32.1. The second kappa shape index (κ2) is 24.4. The van der Waals surface area contributed by atoms with Crippen LogP contribution in [0.1, 0.15) is 65.9 Å². The van der Waals surface area contributed by atoms with Crippen molar-refractivity contribution in [2.24, 2.45) is 17.6 Å². The fourth-order valence-corrected chi connectivity index (χ4v) is 5.66. The Kier molecular flexibility index (Phi) is 21.7. The number of aliphatic hydroxyl groups is 1. The van der Waals surface area contributed by atoms with Gasteiger partial charge in [0.25, 0.3) is 0 Å². The number of phenolic OH excluding ortho intramolecular Hbond substituents is 1. The van der Waals surface area contributed by atoms with Gasteiger partial charge in [-0.25, -0.2) is 0 Å². The number of aliphatic hydroxyl groups excluding tert-OH is 1. The Morgan fingerprint density at radius 3 is 1.57 bits per heavy atom. The predicted octanol–water partition coefficient (Wildman–Crippen LogP) is -0.884. The first-order valence-corrected chi connectivity index (χ1v) is 18.9. The Morgan fingerprint density at radius 2 is 1.11 bits per heavy atom. The zero-order valence-corrected chi connectivity index (χ0v) is 32.8. The second-order valence-electron chi connectivity index (χ2n) is 13.4. The zero-order chi connectivity index (χ0) is 40.2. The normalized spacial score (nSPS) is 14.5. The number of ketones is 1. The molecule has 298 valence electrons. The van der Waals surface area contributed by atoms with Gasteiger partial charge in [0.2, 0.25) is 35.4 Å². The third-order valence-electron chi connectivity index (χ3n) is 8.03. The zero-order valence-electron chi connectivity index (χ0n) is 31.0. The fourth-order valence-electron chi connectivity index (χ4n) is 5.15. The van der Waals surface area contributed by atoms with Crippen molar-refractivity contribution in [3.8, 4) is 5.75 Å². The average molecular weight is 784 g/mol. The van der Waals surface area contributed by atoms with E-state index in [0.29, 0.717) is 31.4 Å². The maximum Gasteiger partial charge on any atom is 0.245 e. The van der Waals surface area contributed by atoms with E-state index in [0.717, 1.165) is 0 Å². The van der Waals surface area contributed by atoms with Gasteiger partial charge in [-0.2, -0.15) is 25.3 Å². The van der Waals surface area contributed by atoms with Crippen LogP contribution in [0.3, 0.4) is 0 Å². The van der Waals surface area contributed by atoms with Crippen molar-refractivity contribution in [2.75, 3.05) is 24.7 Å². The lowest BCUT2D eigenvalue weighted by atomic mass is 9.94. The lowest BCUT2D eigenvalue weighted by Crippen LogP contribution is -2.61. The monoisotopic (exact) mass is 783 g/mol. The van der Waals surface area contributed by atoms with Crippen LogP contribution in [0.5, 0.6) is 5.75 Å². The first-order chi connectivity index (χ1) is 25.0. The van der Waals surface area contributed by atoms with E-state index >= 15 is 0 Å². The molecule has 0 radical (unpaired) electrons. The largest absolute Gasteiger partial charge is 0.508 e. The summed E-state index contributed by atoms with van der Waals surface area (Å²) in [6.07, 6.45) is 1.66. The van der Waals surface area contributed by atoms with Gasteiger partial charge in [0.15, 0.2) is 5.78 Å². The lowest BCUT2D eigenvalue weighted by molar-refractivity contribution is -0.135. The Labute approximate surface area is 322 Å². The molecule has 18 heteroatoms. The van der Waals surface area contributed by atoms with Gasteiger partial charge in [0.05, 0.1) is 12.6 Å². The van der Waals surface area contributed by atoms with Gasteiger partial charge in [0.1, 0.15) is 36.0 Å². The minimum Gasteiger partial charge on any atom is -0.508 e. The van der Waals surface area contributed by atoms with E-state index < -0.39 is 78.3 Å². The Morgan fingerprint density at radius 1 is 0.660 bits per heavy atom. The highest BCUT2D eigenvalue weighted by Crippen LogP contribution is 2.13. The molecule has 16 nitrogen and oxygen atoms in total. The number of carbonyl (C=O) groups is 7. The van der Waals surface area contributed by atoms with Crippen molar-refractivity contribution in [3.05, 3.63) is 29.8 Å².